The summed E-state index contributed by atoms with van der Waals surface area (Å²) in [7, 11) is 0. The lowest BCUT2D eigenvalue weighted by molar-refractivity contribution is -0.111. The maximum absolute atomic E-state index is 12.0. The largest absolute Gasteiger partial charge is 0.508 e. The Kier molecular flexibility index (Phi) is 6.56. The van der Waals surface area contributed by atoms with E-state index < -0.39 is 0 Å². The number of carbonyl (C=O) groups excluding carboxylic acids is 1. The van der Waals surface area contributed by atoms with Gasteiger partial charge in [0.15, 0.2) is 0 Å². The summed E-state index contributed by atoms with van der Waals surface area (Å²) in [5.41, 5.74) is 6.38. The average molecular weight is 347 g/mol. The molecule has 3 heteroatoms. The Morgan fingerprint density at radius 3 is 2.23 bits per heavy atom. The van der Waals surface area contributed by atoms with Gasteiger partial charge in [0, 0.05) is 11.8 Å². The van der Waals surface area contributed by atoms with Crippen LogP contribution in [0.2, 0.25) is 0 Å². The molecule has 0 bridgehead atoms. The first-order valence-corrected chi connectivity index (χ1v) is 8.55. The van der Waals surface area contributed by atoms with Crippen molar-refractivity contribution >= 4 is 17.2 Å². The van der Waals surface area contributed by atoms with Gasteiger partial charge in [0.25, 0.3) is 0 Å². The second-order valence-electron chi connectivity index (χ2n) is 6.51. The number of amides is 1. The highest BCUT2D eigenvalue weighted by atomic mass is 16.3. The Hall–Kier alpha value is -3.07. The molecule has 0 radical (unpaired) electrons. The molecule has 2 aromatic carbocycles. The fourth-order valence-electron chi connectivity index (χ4n) is 2.62. The van der Waals surface area contributed by atoms with Crippen LogP contribution in [0.3, 0.4) is 0 Å². The zero-order valence-corrected chi connectivity index (χ0v) is 15.7. The summed E-state index contributed by atoms with van der Waals surface area (Å²) in [6.07, 6.45) is 7.45. The number of hydrogen-bond donors (Lipinski definition) is 2. The summed E-state index contributed by atoms with van der Waals surface area (Å²) < 4.78 is 0. The van der Waals surface area contributed by atoms with Crippen LogP contribution in [0.15, 0.2) is 72.3 Å². The Bertz CT molecular complexity index is 851. The summed E-state index contributed by atoms with van der Waals surface area (Å²) in [6.45, 7) is 8.15. The summed E-state index contributed by atoms with van der Waals surface area (Å²) in [6, 6.07) is 12.9. The van der Waals surface area contributed by atoms with E-state index in [0.29, 0.717) is 5.69 Å². The number of benzene rings is 2. The molecule has 2 aromatic rings. The van der Waals surface area contributed by atoms with Gasteiger partial charge in [-0.2, -0.15) is 0 Å². The predicted molar refractivity (Wildman–Crippen MR) is 109 cm³/mol. The van der Waals surface area contributed by atoms with Gasteiger partial charge in [-0.3, -0.25) is 4.79 Å². The van der Waals surface area contributed by atoms with Crippen molar-refractivity contribution in [2.24, 2.45) is 0 Å². The quantitative estimate of drug-likeness (QED) is 0.423. The molecule has 0 heterocycles. The van der Waals surface area contributed by atoms with E-state index in [9.17, 15) is 9.90 Å². The number of allylic oxidation sites excluding steroid dienone is 5. The maximum Gasteiger partial charge on any atom is 0.248 e. The number of aryl methyl sites for hydroxylation is 2. The normalized spacial score (nSPS) is 12.5. The van der Waals surface area contributed by atoms with E-state index >= 15 is 0 Å². The van der Waals surface area contributed by atoms with Gasteiger partial charge in [0.1, 0.15) is 5.75 Å². The number of carbonyl (C=O) groups is 1. The molecular formula is C23H25NO2. The highest BCUT2D eigenvalue weighted by Crippen LogP contribution is 2.18. The van der Waals surface area contributed by atoms with Crippen LogP contribution < -0.4 is 5.32 Å². The van der Waals surface area contributed by atoms with E-state index in [0.717, 1.165) is 5.57 Å². The topological polar surface area (TPSA) is 49.3 Å². The molecule has 0 aromatic heterocycles. The summed E-state index contributed by atoms with van der Waals surface area (Å²) in [4.78, 5) is 12.0. The molecule has 2 N–H and O–H groups in total. The third-order valence-corrected chi connectivity index (χ3v) is 3.88. The molecule has 0 aliphatic carbocycles. The molecule has 0 aliphatic rings. The maximum atomic E-state index is 12.0. The van der Waals surface area contributed by atoms with Crippen LogP contribution in [0, 0.1) is 13.8 Å². The molecule has 0 unspecified atom stereocenters. The summed E-state index contributed by atoms with van der Waals surface area (Å²) in [5, 5.41) is 12.0. The van der Waals surface area contributed by atoms with Crippen molar-refractivity contribution in [2.75, 3.05) is 5.32 Å². The molecule has 0 atom stereocenters. The van der Waals surface area contributed by atoms with Crippen molar-refractivity contribution in [1.82, 2.24) is 0 Å². The van der Waals surface area contributed by atoms with Crippen molar-refractivity contribution < 1.29 is 9.90 Å². The van der Waals surface area contributed by atoms with Crippen LogP contribution in [0.5, 0.6) is 5.75 Å². The van der Waals surface area contributed by atoms with Crippen molar-refractivity contribution in [2.45, 2.75) is 27.7 Å². The molecule has 0 fully saturated rings. The van der Waals surface area contributed by atoms with E-state index in [-0.39, 0.29) is 11.7 Å². The van der Waals surface area contributed by atoms with Crippen molar-refractivity contribution in [3.8, 4) is 5.75 Å². The molecule has 0 saturated carbocycles. The molecule has 3 nitrogen and oxygen atoms in total. The molecule has 0 spiro atoms. The first-order chi connectivity index (χ1) is 12.3. The first kappa shape index (κ1) is 19.3. The second-order valence-corrected chi connectivity index (χ2v) is 6.51. The molecule has 134 valence electrons. The van der Waals surface area contributed by atoms with Gasteiger partial charge < -0.3 is 10.4 Å². The summed E-state index contributed by atoms with van der Waals surface area (Å²) >= 11 is 0. The van der Waals surface area contributed by atoms with Crippen LogP contribution in [-0.2, 0) is 4.79 Å². The van der Waals surface area contributed by atoms with Crippen molar-refractivity contribution in [3.05, 3.63) is 89.0 Å². The lowest BCUT2D eigenvalue weighted by Crippen LogP contribution is -2.08. The number of phenols is 1. The fourth-order valence-corrected chi connectivity index (χ4v) is 2.62. The highest BCUT2D eigenvalue weighted by molar-refractivity contribution is 6.00. The van der Waals surface area contributed by atoms with Gasteiger partial charge in [-0.1, -0.05) is 47.6 Å². The van der Waals surface area contributed by atoms with Gasteiger partial charge >= 0.3 is 0 Å². The van der Waals surface area contributed by atoms with Crippen LogP contribution in [0.25, 0.3) is 5.57 Å². The molecule has 1 amide bonds. The molecule has 26 heavy (non-hydrogen) atoms. The number of nitrogens with one attached hydrogen (secondary N) is 1. The van der Waals surface area contributed by atoms with E-state index in [4.69, 9.17) is 0 Å². The minimum Gasteiger partial charge on any atom is -0.508 e. The average Bonchev–Trinajstić information content (AvgIpc) is 2.55. The summed E-state index contributed by atoms with van der Waals surface area (Å²) in [5.74, 6) is -0.0311. The van der Waals surface area contributed by atoms with Crippen LogP contribution >= 0.6 is 0 Å². The zero-order valence-electron chi connectivity index (χ0n) is 15.7. The van der Waals surface area contributed by atoms with Crippen molar-refractivity contribution in [1.29, 1.82) is 0 Å². The molecule has 2 rings (SSSR count). The number of phenolic OH excluding ortho intramolecular Hbond substituents is 1. The van der Waals surface area contributed by atoms with Gasteiger partial charge in [0.2, 0.25) is 5.91 Å². The minimum absolute atomic E-state index is 0.170. The van der Waals surface area contributed by atoms with Gasteiger partial charge in [0.05, 0.1) is 0 Å². The first-order valence-electron chi connectivity index (χ1n) is 8.55. The van der Waals surface area contributed by atoms with Gasteiger partial charge in [-0.25, -0.2) is 0 Å². The third-order valence-electron chi connectivity index (χ3n) is 3.88. The van der Waals surface area contributed by atoms with Gasteiger partial charge in [-0.15, -0.1) is 0 Å². The number of anilines is 1. The Labute approximate surface area is 155 Å². The van der Waals surface area contributed by atoms with Crippen molar-refractivity contribution in [3.63, 3.8) is 0 Å². The highest BCUT2D eigenvalue weighted by Gasteiger charge is 1.99. The Morgan fingerprint density at radius 1 is 1.00 bits per heavy atom. The number of aromatic hydroxyl groups is 1. The lowest BCUT2D eigenvalue weighted by Gasteiger charge is -2.04. The van der Waals surface area contributed by atoms with Crippen LogP contribution in [-0.4, -0.2) is 11.0 Å². The third kappa shape index (κ3) is 6.10. The van der Waals surface area contributed by atoms with Gasteiger partial charge in [-0.05, 0) is 68.7 Å². The Balaban J connectivity index is 2.00. The molecular weight excluding hydrogens is 322 g/mol. The van der Waals surface area contributed by atoms with E-state index in [1.54, 1.807) is 18.2 Å². The molecule has 0 saturated heterocycles. The predicted octanol–water partition coefficient (Wildman–Crippen LogP) is 5.55. The zero-order chi connectivity index (χ0) is 19.1. The SMILES string of the molecule is CC(/C=C/C=C(\C)c1cc(C)cc(C)c1)=C\C(=O)Nc1ccc(O)cc1. The van der Waals surface area contributed by atoms with E-state index in [1.807, 2.05) is 25.2 Å². The Morgan fingerprint density at radius 2 is 1.62 bits per heavy atom. The minimum atomic E-state index is -0.201. The monoisotopic (exact) mass is 347 g/mol. The number of hydrogen-bond acceptors (Lipinski definition) is 2. The fraction of sp³-hybridized carbons (Fsp3) is 0.174. The smallest absolute Gasteiger partial charge is 0.248 e. The number of rotatable bonds is 5. The lowest BCUT2D eigenvalue weighted by atomic mass is 10.0. The van der Waals surface area contributed by atoms with E-state index in [1.165, 1.54) is 34.4 Å². The van der Waals surface area contributed by atoms with Crippen LogP contribution in [0.4, 0.5) is 5.69 Å². The van der Waals surface area contributed by atoms with E-state index in [2.05, 4.69) is 44.3 Å². The standard InChI is InChI=1S/C23H25NO2/c1-16(15-23(26)24-21-8-10-22(25)11-9-21)6-5-7-19(4)20-13-17(2)12-18(3)14-20/h5-15,25H,1-4H3,(H,24,26)/b6-5+,16-15+,19-7+. The van der Waals surface area contributed by atoms with Crippen LogP contribution in [0.1, 0.15) is 30.5 Å². The molecule has 0 aliphatic heterocycles. The second kappa shape index (κ2) is 8.86.